The molecule has 0 heterocycles. The van der Waals surface area contributed by atoms with E-state index in [1.807, 2.05) is 42.5 Å². The van der Waals surface area contributed by atoms with Crippen molar-refractivity contribution in [2.75, 3.05) is 32.2 Å². The lowest BCUT2D eigenvalue weighted by Gasteiger charge is -2.13. The van der Waals surface area contributed by atoms with Crippen molar-refractivity contribution in [3.63, 3.8) is 0 Å². The number of benzene rings is 2. The smallest absolute Gasteiger partial charge is 0.124 e. The third-order valence-corrected chi connectivity index (χ3v) is 3.31. The first kappa shape index (κ1) is 17.2. The Morgan fingerprint density at radius 2 is 1.78 bits per heavy atom. The van der Waals surface area contributed by atoms with Crippen molar-refractivity contribution in [2.24, 2.45) is 0 Å². The molecule has 0 bridgehead atoms. The van der Waals surface area contributed by atoms with E-state index in [0.29, 0.717) is 19.8 Å². The van der Waals surface area contributed by atoms with Crippen molar-refractivity contribution >= 4 is 5.69 Å². The van der Waals surface area contributed by atoms with E-state index in [9.17, 15) is 0 Å². The van der Waals surface area contributed by atoms with Crippen molar-refractivity contribution in [3.8, 4) is 11.5 Å². The molecule has 0 amide bonds. The van der Waals surface area contributed by atoms with Gasteiger partial charge in [0.2, 0.25) is 0 Å². The van der Waals surface area contributed by atoms with Gasteiger partial charge in [-0.05, 0) is 24.6 Å². The number of nitrogens with one attached hydrogen (secondary N) is 1. The van der Waals surface area contributed by atoms with Gasteiger partial charge in [-0.25, -0.2) is 0 Å². The van der Waals surface area contributed by atoms with E-state index in [1.165, 1.54) is 0 Å². The Morgan fingerprint density at radius 1 is 0.913 bits per heavy atom. The largest absolute Gasteiger partial charge is 0.493 e. The van der Waals surface area contributed by atoms with Crippen LogP contribution in [-0.2, 0) is 11.3 Å². The Hall–Kier alpha value is -2.20. The van der Waals surface area contributed by atoms with Gasteiger partial charge in [0.15, 0.2) is 0 Å². The number of hydrogen-bond donors (Lipinski definition) is 1. The Kier molecular flexibility index (Phi) is 7.27. The second kappa shape index (κ2) is 9.74. The molecular formula is C19H25NO3. The molecule has 0 radical (unpaired) electrons. The maximum atomic E-state index is 5.79. The van der Waals surface area contributed by atoms with Crippen molar-refractivity contribution in [3.05, 3.63) is 54.1 Å². The second-order valence-electron chi connectivity index (χ2n) is 5.18. The standard InChI is InChI=1S/C19H25NO3/c1-3-11-23-19-10-5-4-7-16(19)15-20-17-8-6-9-18(14-17)22-13-12-21-2/h4-10,14,20H,3,11-13,15H2,1-2H3. The Balaban J connectivity index is 1.94. The van der Waals surface area contributed by atoms with Crippen LogP contribution in [0.15, 0.2) is 48.5 Å². The summed E-state index contributed by atoms with van der Waals surface area (Å²) < 4.78 is 16.4. The first-order valence-corrected chi connectivity index (χ1v) is 8.00. The van der Waals surface area contributed by atoms with Gasteiger partial charge < -0.3 is 19.5 Å². The molecule has 0 fully saturated rings. The van der Waals surface area contributed by atoms with Crippen LogP contribution in [-0.4, -0.2) is 26.9 Å². The molecule has 0 aliphatic heterocycles. The molecule has 1 N–H and O–H groups in total. The lowest BCUT2D eigenvalue weighted by molar-refractivity contribution is 0.146. The number of rotatable bonds is 10. The quantitative estimate of drug-likeness (QED) is 0.670. The van der Waals surface area contributed by atoms with Gasteiger partial charge in [0.1, 0.15) is 18.1 Å². The van der Waals surface area contributed by atoms with E-state index in [-0.39, 0.29) is 0 Å². The summed E-state index contributed by atoms with van der Waals surface area (Å²) in [5.74, 6) is 1.77. The normalized spacial score (nSPS) is 10.3. The van der Waals surface area contributed by atoms with Crippen LogP contribution in [0.4, 0.5) is 5.69 Å². The third-order valence-electron chi connectivity index (χ3n) is 3.31. The summed E-state index contributed by atoms with van der Waals surface area (Å²) in [6.45, 7) is 4.69. The summed E-state index contributed by atoms with van der Waals surface area (Å²) in [6.07, 6.45) is 1.00. The molecule has 0 aliphatic carbocycles. The zero-order chi connectivity index (χ0) is 16.3. The minimum Gasteiger partial charge on any atom is -0.493 e. The van der Waals surface area contributed by atoms with E-state index in [0.717, 1.165) is 35.8 Å². The second-order valence-corrected chi connectivity index (χ2v) is 5.18. The monoisotopic (exact) mass is 315 g/mol. The van der Waals surface area contributed by atoms with Crippen molar-refractivity contribution < 1.29 is 14.2 Å². The van der Waals surface area contributed by atoms with E-state index >= 15 is 0 Å². The molecule has 4 nitrogen and oxygen atoms in total. The summed E-state index contributed by atoms with van der Waals surface area (Å²) >= 11 is 0. The van der Waals surface area contributed by atoms with E-state index in [2.05, 4.69) is 18.3 Å². The third kappa shape index (κ3) is 5.83. The first-order chi connectivity index (χ1) is 11.3. The summed E-state index contributed by atoms with van der Waals surface area (Å²) in [7, 11) is 1.67. The molecule has 0 aliphatic rings. The van der Waals surface area contributed by atoms with Gasteiger partial charge in [0.25, 0.3) is 0 Å². The minimum absolute atomic E-state index is 0.549. The van der Waals surface area contributed by atoms with Gasteiger partial charge in [-0.2, -0.15) is 0 Å². The summed E-state index contributed by atoms with van der Waals surface area (Å²) in [4.78, 5) is 0. The Labute approximate surface area is 138 Å². The van der Waals surface area contributed by atoms with E-state index in [1.54, 1.807) is 7.11 Å². The molecule has 4 heteroatoms. The highest BCUT2D eigenvalue weighted by Gasteiger charge is 2.03. The highest BCUT2D eigenvalue weighted by atomic mass is 16.5. The Morgan fingerprint density at radius 3 is 2.61 bits per heavy atom. The number of hydrogen-bond acceptors (Lipinski definition) is 4. The maximum absolute atomic E-state index is 5.79. The molecule has 124 valence electrons. The predicted molar refractivity (Wildman–Crippen MR) is 93.4 cm³/mol. The fraction of sp³-hybridized carbons (Fsp3) is 0.368. The van der Waals surface area contributed by atoms with E-state index < -0.39 is 0 Å². The van der Waals surface area contributed by atoms with Gasteiger partial charge in [0.05, 0.1) is 13.2 Å². The van der Waals surface area contributed by atoms with Gasteiger partial charge in [0, 0.05) is 31.0 Å². The van der Waals surface area contributed by atoms with Crippen LogP contribution in [0.1, 0.15) is 18.9 Å². The van der Waals surface area contributed by atoms with Crippen molar-refractivity contribution in [1.82, 2.24) is 0 Å². The molecule has 0 atom stereocenters. The molecule has 0 unspecified atom stereocenters. The molecule has 0 saturated heterocycles. The molecule has 2 rings (SSSR count). The SMILES string of the molecule is CCCOc1ccccc1CNc1cccc(OCCOC)c1. The summed E-state index contributed by atoms with van der Waals surface area (Å²) in [6, 6.07) is 16.1. The molecule has 0 aromatic heterocycles. The van der Waals surface area contributed by atoms with Crippen LogP contribution in [0.25, 0.3) is 0 Å². The van der Waals surface area contributed by atoms with Crippen LogP contribution in [0.2, 0.25) is 0 Å². The fourth-order valence-corrected chi connectivity index (χ4v) is 2.14. The van der Waals surface area contributed by atoms with Gasteiger partial charge in [-0.3, -0.25) is 0 Å². The number of para-hydroxylation sites is 1. The number of anilines is 1. The van der Waals surface area contributed by atoms with Gasteiger partial charge in [-0.1, -0.05) is 31.2 Å². The van der Waals surface area contributed by atoms with Crippen LogP contribution in [0.3, 0.4) is 0 Å². The average Bonchev–Trinajstić information content (AvgIpc) is 2.59. The fourth-order valence-electron chi connectivity index (χ4n) is 2.14. The lowest BCUT2D eigenvalue weighted by atomic mass is 10.2. The Bertz CT molecular complexity index is 586. The van der Waals surface area contributed by atoms with Crippen LogP contribution in [0.5, 0.6) is 11.5 Å². The highest BCUT2D eigenvalue weighted by molar-refractivity contribution is 5.49. The topological polar surface area (TPSA) is 39.7 Å². The summed E-state index contributed by atoms with van der Waals surface area (Å²) in [5.41, 5.74) is 2.16. The minimum atomic E-state index is 0.549. The predicted octanol–water partition coefficient (Wildman–Crippen LogP) is 4.11. The lowest BCUT2D eigenvalue weighted by Crippen LogP contribution is -2.05. The molecule has 2 aromatic carbocycles. The van der Waals surface area contributed by atoms with Gasteiger partial charge in [-0.15, -0.1) is 0 Å². The van der Waals surface area contributed by atoms with E-state index in [4.69, 9.17) is 14.2 Å². The number of methoxy groups -OCH3 is 1. The van der Waals surface area contributed by atoms with Crippen molar-refractivity contribution in [1.29, 1.82) is 0 Å². The summed E-state index contributed by atoms with van der Waals surface area (Å²) in [5, 5.41) is 3.42. The maximum Gasteiger partial charge on any atom is 0.124 e. The first-order valence-electron chi connectivity index (χ1n) is 8.00. The molecule has 2 aromatic rings. The van der Waals surface area contributed by atoms with Crippen LogP contribution < -0.4 is 14.8 Å². The highest BCUT2D eigenvalue weighted by Crippen LogP contribution is 2.22. The van der Waals surface area contributed by atoms with Crippen LogP contribution in [0, 0.1) is 0 Å². The molecular weight excluding hydrogens is 290 g/mol. The van der Waals surface area contributed by atoms with Gasteiger partial charge >= 0.3 is 0 Å². The average molecular weight is 315 g/mol. The molecule has 0 spiro atoms. The van der Waals surface area contributed by atoms with Crippen molar-refractivity contribution in [2.45, 2.75) is 19.9 Å². The molecule has 23 heavy (non-hydrogen) atoms. The van der Waals surface area contributed by atoms with Crippen LogP contribution >= 0.6 is 0 Å². The number of ether oxygens (including phenoxy) is 3. The zero-order valence-electron chi connectivity index (χ0n) is 13.9. The zero-order valence-corrected chi connectivity index (χ0v) is 13.9. The molecule has 0 saturated carbocycles.